The van der Waals surface area contributed by atoms with E-state index >= 15 is 0 Å². The van der Waals surface area contributed by atoms with Crippen LogP contribution in [-0.4, -0.2) is 0 Å². The molecule has 0 bridgehead atoms. The van der Waals surface area contributed by atoms with Gasteiger partial charge in [-0.25, -0.2) is 4.39 Å². The Labute approximate surface area is 114 Å². The number of hydrogen-bond acceptors (Lipinski definition) is 1. The molecule has 2 rings (SSSR count). The molecule has 0 atom stereocenters. The van der Waals surface area contributed by atoms with Crippen molar-refractivity contribution in [1.82, 2.24) is 0 Å². The highest BCUT2D eigenvalue weighted by Gasteiger charge is 2.32. The van der Waals surface area contributed by atoms with Gasteiger partial charge in [-0.15, -0.1) is 0 Å². The molecule has 0 heterocycles. The lowest BCUT2D eigenvalue weighted by atomic mass is 10.1. The third-order valence-corrected chi connectivity index (χ3v) is 2.92. The van der Waals surface area contributed by atoms with Gasteiger partial charge in [0, 0.05) is 6.54 Å². The molecule has 0 unspecified atom stereocenters. The van der Waals surface area contributed by atoms with Gasteiger partial charge >= 0.3 is 6.18 Å². The summed E-state index contributed by atoms with van der Waals surface area (Å²) in [5, 5.41) is 2.69. The zero-order valence-corrected chi connectivity index (χ0v) is 10.8. The van der Waals surface area contributed by atoms with Gasteiger partial charge in [0.05, 0.1) is 11.3 Å². The number of halogens is 4. The Kier molecular flexibility index (Phi) is 3.97. The summed E-state index contributed by atoms with van der Waals surface area (Å²) in [6, 6.07) is 9.79. The smallest absolute Gasteiger partial charge is 0.379 e. The summed E-state index contributed by atoms with van der Waals surface area (Å²) in [5.41, 5.74) is 0.316. The van der Waals surface area contributed by atoms with Gasteiger partial charge in [-0.2, -0.15) is 13.2 Å². The molecule has 0 saturated carbocycles. The van der Waals surface area contributed by atoms with Crippen LogP contribution in [0.5, 0.6) is 0 Å². The number of nitrogens with one attached hydrogen (secondary N) is 1. The fraction of sp³-hybridized carbons (Fsp3) is 0.200. The third-order valence-electron chi connectivity index (χ3n) is 2.92. The molecule has 0 aliphatic carbocycles. The van der Waals surface area contributed by atoms with Crippen molar-refractivity contribution in [2.24, 2.45) is 0 Å². The lowest BCUT2D eigenvalue weighted by Crippen LogP contribution is -2.12. The molecule has 0 aliphatic heterocycles. The van der Waals surface area contributed by atoms with Gasteiger partial charge in [-0.3, -0.25) is 0 Å². The van der Waals surface area contributed by atoms with Crippen molar-refractivity contribution < 1.29 is 17.6 Å². The summed E-state index contributed by atoms with van der Waals surface area (Å²) < 4.78 is 52.0. The van der Waals surface area contributed by atoms with Crippen LogP contribution in [0.25, 0.3) is 0 Å². The normalized spacial score (nSPS) is 11.4. The minimum Gasteiger partial charge on any atom is -0.379 e. The summed E-state index contributed by atoms with van der Waals surface area (Å²) in [6.07, 6.45) is -4.41. The first-order valence-electron chi connectivity index (χ1n) is 6.03. The number of anilines is 1. The van der Waals surface area contributed by atoms with Gasteiger partial charge in [0.25, 0.3) is 0 Å². The van der Waals surface area contributed by atoms with Gasteiger partial charge in [0.1, 0.15) is 5.82 Å². The highest BCUT2D eigenvalue weighted by molar-refractivity contribution is 5.47. The van der Waals surface area contributed by atoms with Gasteiger partial charge < -0.3 is 5.32 Å². The standard InChI is InChI=1S/C15H13F4N/c1-10-6-7-14(13(16)8-10)20-9-11-4-2-3-5-12(11)15(17,18)19/h2-8,20H,9H2,1H3. The molecule has 20 heavy (non-hydrogen) atoms. The number of benzene rings is 2. The van der Waals surface area contributed by atoms with E-state index in [1.54, 1.807) is 13.0 Å². The first kappa shape index (κ1) is 14.4. The molecule has 0 spiro atoms. The Morgan fingerprint density at radius 1 is 1.05 bits per heavy atom. The van der Waals surface area contributed by atoms with E-state index in [2.05, 4.69) is 5.32 Å². The van der Waals surface area contributed by atoms with E-state index < -0.39 is 17.6 Å². The average Bonchev–Trinajstić information content (AvgIpc) is 2.37. The van der Waals surface area contributed by atoms with Crippen LogP contribution in [0.1, 0.15) is 16.7 Å². The molecule has 2 aromatic carbocycles. The van der Waals surface area contributed by atoms with Crippen LogP contribution in [0.3, 0.4) is 0 Å². The highest BCUT2D eigenvalue weighted by Crippen LogP contribution is 2.32. The van der Waals surface area contributed by atoms with Gasteiger partial charge in [-0.1, -0.05) is 24.3 Å². The molecular formula is C15H13F4N. The van der Waals surface area contributed by atoms with Crippen LogP contribution in [0, 0.1) is 12.7 Å². The van der Waals surface area contributed by atoms with Crippen molar-refractivity contribution in [3.63, 3.8) is 0 Å². The summed E-state index contributed by atoms with van der Waals surface area (Å²) in [7, 11) is 0. The number of alkyl halides is 3. The van der Waals surface area contributed by atoms with Crippen LogP contribution < -0.4 is 5.32 Å². The predicted molar refractivity (Wildman–Crippen MR) is 69.9 cm³/mol. The van der Waals surface area contributed by atoms with Crippen molar-refractivity contribution in [2.45, 2.75) is 19.6 Å². The zero-order valence-electron chi connectivity index (χ0n) is 10.8. The SMILES string of the molecule is Cc1ccc(NCc2ccccc2C(F)(F)F)c(F)c1. The fourth-order valence-electron chi connectivity index (χ4n) is 1.90. The lowest BCUT2D eigenvalue weighted by Gasteiger charge is -2.14. The van der Waals surface area contributed by atoms with Crippen molar-refractivity contribution >= 4 is 5.69 Å². The third kappa shape index (κ3) is 3.29. The minimum absolute atomic E-state index is 0.0833. The van der Waals surface area contributed by atoms with E-state index in [0.29, 0.717) is 0 Å². The molecule has 0 amide bonds. The maximum Gasteiger partial charge on any atom is 0.416 e. The summed E-state index contributed by atoms with van der Waals surface area (Å²) in [6.45, 7) is 1.65. The Bertz CT molecular complexity index is 605. The molecule has 2 aromatic rings. The Hall–Kier alpha value is -2.04. The van der Waals surface area contributed by atoms with Crippen LogP contribution in [0.4, 0.5) is 23.2 Å². The van der Waals surface area contributed by atoms with E-state index in [9.17, 15) is 17.6 Å². The molecule has 106 valence electrons. The van der Waals surface area contributed by atoms with E-state index in [0.717, 1.165) is 11.6 Å². The second kappa shape index (κ2) is 5.53. The predicted octanol–water partition coefficient (Wildman–Crippen LogP) is 4.77. The second-order valence-electron chi connectivity index (χ2n) is 4.49. The second-order valence-corrected chi connectivity index (χ2v) is 4.49. The summed E-state index contributed by atoms with van der Waals surface area (Å²) >= 11 is 0. The van der Waals surface area contributed by atoms with Crippen molar-refractivity contribution in [2.75, 3.05) is 5.32 Å². The average molecular weight is 283 g/mol. The summed E-state index contributed by atoms with van der Waals surface area (Å²) in [5.74, 6) is -0.477. The maximum absolute atomic E-state index is 13.6. The van der Waals surface area contributed by atoms with Crippen LogP contribution >= 0.6 is 0 Å². The van der Waals surface area contributed by atoms with E-state index in [-0.39, 0.29) is 17.8 Å². The van der Waals surface area contributed by atoms with Crippen molar-refractivity contribution in [3.8, 4) is 0 Å². The largest absolute Gasteiger partial charge is 0.416 e. The topological polar surface area (TPSA) is 12.0 Å². The fourth-order valence-corrected chi connectivity index (χ4v) is 1.90. The number of rotatable bonds is 3. The maximum atomic E-state index is 13.6. The molecule has 0 aromatic heterocycles. The lowest BCUT2D eigenvalue weighted by molar-refractivity contribution is -0.138. The highest BCUT2D eigenvalue weighted by atomic mass is 19.4. The monoisotopic (exact) mass is 283 g/mol. The molecule has 1 N–H and O–H groups in total. The van der Waals surface area contributed by atoms with Crippen LogP contribution in [0.15, 0.2) is 42.5 Å². The minimum atomic E-state index is -4.41. The Morgan fingerprint density at radius 2 is 1.75 bits per heavy atom. The zero-order chi connectivity index (χ0) is 14.8. The first-order valence-corrected chi connectivity index (χ1v) is 6.03. The number of hydrogen-bond donors (Lipinski definition) is 1. The summed E-state index contributed by atoms with van der Waals surface area (Å²) in [4.78, 5) is 0. The van der Waals surface area contributed by atoms with E-state index in [1.807, 2.05) is 0 Å². The van der Waals surface area contributed by atoms with Crippen molar-refractivity contribution in [3.05, 3.63) is 65.0 Å². The van der Waals surface area contributed by atoms with Crippen LogP contribution in [0.2, 0.25) is 0 Å². The first-order chi connectivity index (χ1) is 9.38. The quantitative estimate of drug-likeness (QED) is 0.800. The molecule has 0 radical (unpaired) electrons. The van der Waals surface area contributed by atoms with Crippen LogP contribution in [-0.2, 0) is 12.7 Å². The van der Waals surface area contributed by atoms with E-state index in [1.165, 1.54) is 30.3 Å². The molecule has 1 nitrogen and oxygen atoms in total. The number of aryl methyl sites for hydroxylation is 1. The molecule has 0 aliphatic rings. The molecule has 0 saturated heterocycles. The van der Waals surface area contributed by atoms with Gasteiger partial charge in [-0.05, 0) is 36.2 Å². The molecule has 5 heteroatoms. The van der Waals surface area contributed by atoms with E-state index in [4.69, 9.17) is 0 Å². The van der Waals surface area contributed by atoms with Gasteiger partial charge in [0.2, 0.25) is 0 Å². The Balaban J connectivity index is 2.19. The Morgan fingerprint density at radius 3 is 2.40 bits per heavy atom. The van der Waals surface area contributed by atoms with Gasteiger partial charge in [0.15, 0.2) is 0 Å². The molecular weight excluding hydrogens is 270 g/mol. The molecule has 0 fully saturated rings. The van der Waals surface area contributed by atoms with Crippen molar-refractivity contribution in [1.29, 1.82) is 0 Å².